The van der Waals surface area contributed by atoms with Crippen LogP contribution in [0.25, 0.3) is 11.2 Å². The molecule has 0 bridgehead atoms. The van der Waals surface area contributed by atoms with Crippen LogP contribution >= 0.6 is 0 Å². The molecule has 1 aliphatic rings. The fourth-order valence-electron chi connectivity index (χ4n) is 7.77. The summed E-state index contributed by atoms with van der Waals surface area (Å²) in [4.78, 5) is 40.4. The van der Waals surface area contributed by atoms with Gasteiger partial charge in [0.05, 0.1) is 25.5 Å². The number of nitrogens with zero attached hydrogens (tertiary/aromatic N) is 3. The molecule has 3 heterocycles. The van der Waals surface area contributed by atoms with Crippen molar-refractivity contribution in [2.75, 3.05) is 25.1 Å². The van der Waals surface area contributed by atoms with Crippen molar-refractivity contribution in [2.45, 2.75) is 106 Å². The lowest BCUT2D eigenvalue weighted by Crippen LogP contribution is -2.68. The Morgan fingerprint density at radius 3 is 1.90 bits per heavy atom. The van der Waals surface area contributed by atoms with E-state index in [1.165, 1.54) is 12.7 Å². The molecular formula is C45H57N7O8. The number of H-pyrrole nitrogens is 1. The highest BCUT2D eigenvalue weighted by Gasteiger charge is 2.48. The third-order valence-electron chi connectivity index (χ3n) is 10.9. The predicted molar refractivity (Wildman–Crippen MR) is 225 cm³/mol. The number of hydrogen-bond donors (Lipinski definition) is 8. The number of hydrogen-bond acceptors (Lipinski definition) is 12. The number of aromatic amines is 1. The molecule has 15 heteroatoms. The van der Waals surface area contributed by atoms with Crippen molar-refractivity contribution in [1.29, 1.82) is 0 Å². The van der Waals surface area contributed by atoms with Gasteiger partial charge in [-0.1, -0.05) is 136 Å². The minimum absolute atomic E-state index is 0.221. The molecule has 1 aliphatic heterocycles. The zero-order valence-electron chi connectivity index (χ0n) is 33.7. The maximum Gasteiger partial charge on any atom is 0.239 e. The second kappa shape index (κ2) is 22.4. The van der Waals surface area contributed by atoms with Gasteiger partial charge in [0, 0.05) is 13.0 Å². The molecule has 1 saturated heterocycles. The van der Waals surface area contributed by atoms with Crippen LogP contribution in [-0.2, 0) is 24.7 Å². The molecule has 0 unspecified atom stereocenters. The molecular weight excluding hydrogens is 767 g/mol. The van der Waals surface area contributed by atoms with Crippen molar-refractivity contribution < 1.29 is 39.5 Å². The van der Waals surface area contributed by atoms with Crippen LogP contribution in [0.2, 0.25) is 0 Å². The Balaban J connectivity index is 0.849. The van der Waals surface area contributed by atoms with Crippen LogP contribution in [0.5, 0.6) is 0 Å². The molecule has 2 amide bonds. The standard InChI is InChI=1S/C45H57N7O8/c53-28-34(54)41-37(39(57)40(58)44(60-41)52-43-38-42(48-29-47-38)49-30-50-43)51-36(56)27-46-35(55)25-17-6-4-2-1-3-5-7-18-26-59-45(31-19-11-8-12-20-31,32-21-13-9-14-22-32)33-23-15-10-16-24-33/h8-16,19-24,29-30,34,37,39-41,44,53-54,57-58H,1-7,17-18,25-28H2,(H,46,55)(H,51,56)(H2,47,48,49,50,52)/t34-,37+,39+,40+,41-,44-/m0/s1. The van der Waals surface area contributed by atoms with Crippen LogP contribution < -0.4 is 16.0 Å². The Morgan fingerprint density at radius 2 is 1.32 bits per heavy atom. The summed E-state index contributed by atoms with van der Waals surface area (Å²) in [6.07, 6.45) is 4.75. The van der Waals surface area contributed by atoms with Crippen LogP contribution in [0.15, 0.2) is 104 Å². The van der Waals surface area contributed by atoms with Crippen LogP contribution in [0.1, 0.15) is 80.9 Å². The maximum atomic E-state index is 12.8. The number of carbonyl (C=O) groups excluding carboxylic acids is 2. The van der Waals surface area contributed by atoms with Gasteiger partial charge in [-0.2, -0.15) is 0 Å². The topological polar surface area (TPSA) is 224 Å². The molecule has 60 heavy (non-hydrogen) atoms. The number of imidazole rings is 1. The number of aliphatic hydroxyl groups is 4. The highest BCUT2D eigenvalue weighted by atomic mass is 16.5. The lowest BCUT2D eigenvalue weighted by atomic mass is 9.80. The van der Waals surface area contributed by atoms with Crippen LogP contribution in [0, 0.1) is 0 Å². The normalized spacial score (nSPS) is 19.8. The molecule has 3 aromatic carbocycles. The van der Waals surface area contributed by atoms with E-state index in [4.69, 9.17) is 9.47 Å². The van der Waals surface area contributed by atoms with Crippen LogP contribution in [0.3, 0.4) is 0 Å². The molecule has 1 fully saturated rings. The number of unbranched alkanes of at least 4 members (excludes halogenated alkanes) is 8. The SMILES string of the molecule is O=C(CCCCCCCCCCCOC(c1ccccc1)(c1ccccc1)c1ccccc1)NCC(=O)N[C@@H]1[C@@H](O)[C@@H](O)[C@@H](Nc2ncnc3nc[nH]c23)O[C@H]1[C@@H](O)CO. The summed E-state index contributed by atoms with van der Waals surface area (Å²) in [6.45, 7) is -0.481. The minimum Gasteiger partial charge on any atom is -0.394 e. The molecule has 2 aromatic heterocycles. The van der Waals surface area contributed by atoms with Gasteiger partial charge in [0.1, 0.15) is 41.9 Å². The second-order valence-electron chi connectivity index (χ2n) is 15.1. The third kappa shape index (κ3) is 11.3. The first-order valence-corrected chi connectivity index (χ1v) is 20.9. The second-order valence-corrected chi connectivity index (χ2v) is 15.1. The number of benzene rings is 3. The molecule has 6 rings (SSSR count). The van der Waals surface area contributed by atoms with Gasteiger partial charge in [-0.3, -0.25) is 9.59 Å². The lowest BCUT2D eigenvalue weighted by Gasteiger charge is -2.44. The van der Waals surface area contributed by atoms with Gasteiger partial charge in [-0.05, 0) is 29.5 Å². The fraction of sp³-hybridized carbons (Fsp3) is 0.444. The number of aromatic nitrogens is 4. The molecule has 5 aromatic rings. The van der Waals surface area contributed by atoms with E-state index in [0.29, 0.717) is 24.2 Å². The van der Waals surface area contributed by atoms with Crippen molar-refractivity contribution in [3.63, 3.8) is 0 Å². The van der Waals surface area contributed by atoms with Gasteiger partial charge in [0.25, 0.3) is 0 Å². The van der Waals surface area contributed by atoms with Gasteiger partial charge >= 0.3 is 0 Å². The summed E-state index contributed by atoms with van der Waals surface area (Å²) in [5, 5.41) is 50.0. The van der Waals surface area contributed by atoms with Crippen molar-refractivity contribution in [3.05, 3.63) is 120 Å². The zero-order chi connectivity index (χ0) is 42.2. The van der Waals surface area contributed by atoms with Crippen molar-refractivity contribution in [1.82, 2.24) is 30.6 Å². The van der Waals surface area contributed by atoms with Gasteiger partial charge in [-0.15, -0.1) is 0 Å². The number of fused-ring (bicyclic) bond motifs is 1. The summed E-state index contributed by atoms with van der Waals surface area (Å²) in [6, 6.07) is 30.0. The highest BCUT2D eigenvalue weighted by Crippen LogP contribution is 2.40. The highest BCUT2D eigenvalue weighted by molar-refractivity contribution is 5.85. The van der Waals surface area contributed by atoms with Crippen molar-refractivity contribution in [3.8, 4) is 0 Å². The molecule has 15 nitrogen and oxygen atoms in total. The minimum atomic E-state index is -1.61. The number of aliphatic hydroxyl groups excluding tert-OH is 4. The van der Waals surface area contributed by atoms with E-state index in [2.05, 4.69) is 109 Å². The summed E-state index contributed by atoms with van der Waals surface area (Å²) in [5.74, 6) is -0.720. The zero-order valence-corrected chi connectivity index (χ0v) is 33.7. The lowest BCUT2D eigenvalue weighted by molar-refractivity contribution is -0.204. The molecule has 320 valence electrons. The van der Waals surface area contributed by atoms with Gasteiger partial charge < -0.3 is 50.8 Å². The summed E-state index contributed by atoms with van der Waals surface area (Å²) in [5.41, 5.74) is 3.40. The first-order chi connectivity index (χ1) is 29.3. The molecule has 0 aliphatic carbocycles. The first-order valence-electron chi connectivity index (χ1n) is 20.9. The predicted octanol–water partition coefficient (Wildman–Crippen LogP) is 4.08. The fourth-order valence-corrected chi connectivity index (χ4v) is 7.77. The molecule has 0 saturated carbocycles. The first kappa shape index (κ1) is 44.3. The van der Waals surface area contributed by atoms with Crippen molar-refractivity contribution in [2.24, 2.45) is 0 Å². The maximum absolute atomic E-state index is 12.8. The average molecular weight is 824 g/mol. The Kier molecular flexibility index (Phi) is 16.5. The Hall–Kier alpha value is -5.29. The van der Waals surface area contributed by atoms with Crippen LogP contribution in [-0.4, -0.2) is 109 Å². The summed E-state index contributed by atoms with van der Waals surface area (Å²) < 4.78 is 12.7. The third-order valence-corrected chi connectivity index (χ3v) is 10.9. The van der Waals surface area contributed by atoms with Gasteiger partial charge in [0.2, 0.25) is 11.8 Å². The quantitative estimate of drug-likeness (QED) is 0.0345. The monoisotopic (exact) mass is 823 g/mol. The van der Waals surface area contributed by atoms with Crippen LogP contribution in [0.4, 0.5) is 5.82 Å². The van der Waals surface area contributed by atoms with E-state index < -0.39 is 54.8 Å². The van der Waals surface area contributed by atoms with Gasteiger partial charge in [-0.25, -0.2) is 15.0 Å². The smallest absolute Gasteiger partial charge is 0.239 e. The van der Waals surface area contributed by atoms with E-state index >= 15 is 0 Å². The Bertz CT molecular complexity index is 1940. The molecule has 8 N–H and O–H groups in total. The van der Waals surface area contributed by atoms with E-state index in [-0.39, 0.29) is 24.7 Å². The van der Waals surface area contributed by atoms with E-state index in [1.807, 2.05) is 18.2 Å². The number of carbonyl (C=O) groups is 2. The summed E-state index contributed by atoms with van der Waals surface area (Å²) >= 11 is 0. The largest absolute Gasteiger partial charge is 0.394 e. The summed E-state index contributed by atoms with van der Waals surface area (Å²) in [7, 11) is 0. The van der Waals surface area contributed by atoms with Gasteiger partial charge in [0.15, 0.2) is 17.7 Å². The number of amides is 2. The Morgan fingerprint density at radius 1 is 0.750 bits per heavy atom. The molecule has 0 spiro atoms. The number of nitrogens with one attached hydrogen (secondary N) is 4. The van der Waals surface area contributed by atoms with E-state index in [1.54, 1.807) is 0 Å². The van der Waals surface area contributed by atoms with E-state index in [0.717, 1.165) is 68.1 Å². The molecule has 0 radical (unpaired) electrons. The Labute approximate surface area is 350 Å². The average Bonchev–Trinajstić information content (AvgIpc) is 3.78. The molecule has 6 atom stereocenters. The van der Waals surface area contributed by atoms with Crippen molar-refractivity contribution >= 4 is 28.8 Å². The number of rotatable bonds is 23. The number of anilines is 1. The van der Waals surface area contributed by atoms with E-state index in [9.17, 15) is 30.0 Å². The number of ether oxygens (including phenoxy) is 2.